The summed E-state index contributed by atoms with van der Waals surface area (Å²) in [5.41, 5.74) is 1.05. The van der Waals surface area contributed by atoms with E-state index in [1.807, 2.05) is 6.07 Å². The highest BCUT2D eigenvalue weighted by Gasteiger charge is 2.12. The van der Waals surface area contributed by atoms with Gasteiger partial charge in [0.05, 0.1) is 11.6 Å². The standard InChI is InChI=1S/C13H12N2O2/c1-3-7-17-10(2)13(16)15-12-6-4-5-11(8-12)9-14/h1,4-6,8,10H,7H2,2H3,(H,15,16). The normalized spacial score (nSPS) is 11.0. The van der Waals surface area contributed by atoms with Crippen LogP contribution in [0.3, 0.4) is 0 Å². The van der Waals surface area contributed by atoms with Crippen molar-refractivity contribution >= 4 is 11.6 Å². The molecule has 0 spiro atoms. The Bertz CT molecular complexity index is 483. The maximum atomic E-state index is 11.6. The van der Waals surface area contributed by atoms with E-state index < -0.39 is 6.10 Å². The predicted octanol–water partition coefficient (Wildman–Crippen LogP) is 1.54. The lowest BCUT2D eigenvalue weighted by Gasteiger charge is -2.11. The number of anilines is 1. The van der Waals surface area contributed by atoms with E-state index in [2.05, 4.69) is 11.2 Å². The third-order valence-electron chi connectivity index (χ3n) is 2.05. The maximum Gasteiger partial charge on any atom is 0.253 e. The summed E-state index contributed by atoms with van der Waals surface area (Å²) in [6.07, 6.45) is 4.40. The van der Waals surface area contributed by atoms with Gasteiger partial charge in [-0.1, -0.05) is 12.0 Å². The summed E-state index contributed by atoms with van der Waals surface area (Å²) in [4.78, 5) is 11.6. The molecule has 0 aliphatic heterocycles. The topological polar surface area (TPSA) is 62.1 Å². The zero-order valence-corrected chi connectivity index (χ0v) is 9.43. The summed E-state index contributed by atoms with van der Waals surface area (Å²) in [5.74, 6) is 1.99. The second-order valence-electron chi connectivity index (χ2n) is 3.34. The molecule has 1 rings (SSSR count). The predicted molar refractivity (Wildman–Crippen MR) is 64.0 cm³/mol. The van der Waals surface area contributed by atoms with Crippen LogP contribution in [-0.4, -0.2) is 18.6 Å². The highest BCUT2D eigenvalue weighted by atomic mass is 16.5. The van der Waals surface area contributed by atoms with Gasteiger partial charge >= 0.3 is 0 Å². The Hall–Kier alpha value is -2.30. The van der Waals surface area contributed by atoms with Crippen LogP contribution in [0.25, 0.3) is 0 Å². The molecule has 1 aromatic carbocycles. The van der Waals surface area contributed by atoms with E-state index in [1.165, 1.54) is 0 Å². The number of hydrogen-bond donors (Lipinski definition) is 1. The lowest BCUT2D eigenvalue weighted by molar-refractivity contribution is -0.125. The second kappa shape index (κ2) is 6.32. The van der Waals surface area contributed by atoms with Crippen molar-refractivity contribution in [1.29, 1.82) is 5.26 Å². The van der Waals surface area contributed by atoms with Crippen molar-refractivity contribution in [1.82, 2.24) is 0 Å². The number of amides is 1. The molecule has 0 saturated carbocycles. The zero-order valence-electron chi connectivity index (χ0n) is 9.43. The Morgan fingerprint density at radius 3 is 3.06 bits per heavy atom. The molecule has 4 nitrogen and oxygen atoms in total. The molecule has 0 saturated heterocycles. The summed E-state index contributed by atoms with van der Waals surface area (Å²) in [6, 6.07) is 8.64. The van der Waals surface area contributed by atoms with Crippen LogP contribution in [-0.2, 0) is 9.53 Å². The molecule has 4 heteroatoms. The molecule has 1 N–H and O–H groups in total. The van der Waals surface area contributed by atoms with Crippen LogP contribution in [0.15, 0.2) is 24.3 Å². The number of terminal acetylenes is 1. The van der Waals surface area contributed by atoms with Gasteiger partial charge in [-0.2, -0.15) is 5.26 Å². The molecule has 0 radical (unpaired) electrons. The summed E-state index contributed by atoms with van der Waals surface area (Å²) < 4.78 is 5.07. The van der Waals surface area contributed by atoms with Crippen molar-refractivity contribution in [2.24, 2.45) is 0 Å². The molecule has 0 aromatic heterocycles. The Balaban J connectivity index is 2.62. The zero-order chi connectivity index (χ0) is 12.7. The number of hydrogen-bond acceptors (Lipinski definition) is 3. The second-order valence-corrected chi connectivity index (χ2v) is 3.34. The molecule has 0 aliphatic carbocycles. The fraction of sp³-hybridized carbons (Fsp3) is 0.231. The first kappa shape index (κ1) is 12.8. The van der Waals surface area contributed by atoms with Crippen molar-refractivity contribution in [3.05, 3.63) is 29.8 Å². The van der Waals surface area contributed by atoms with Crippen molar-refractivity contribution in [3.8, 4) is 18.4 Å². The van der Waals surface area contributed by atoms with Gasteiger partial charge in [0.2, 0.25) is 0 Å². The van der Waals surface area contributed by atoms with Crippen molar-refractivity contribution in [2.45, 2.75) is 13.0 Å². The summed E-state index contributed by atoms with van der Waals surface area (Å²) in [5, 5.41) is 11.4. The van der Waals surface area contributed by atoms with Gasteiger partial charge in [-0.15, -0.1) is 6.42 Å². The fourth-order valence-electron chi connectivity index (χ4n) is 1.16. The molecule has 0 bridgehead atoms. The van der Waals surface area contributed by atoms with Crippen LogP contribution in [0.2, 0.25) is 0 Å². The lowest BCUT2D eigenvalue weighted by Crippen LogP contribution is -2.27. The summed E-state index contributed by atoms with van der Waals surface area (Å²) in [6.45, 7) is 1.70. The molecular formula is C13H12N2O2. The molecule has 1 unspecified atom stereocenters. The molecule has 0 fully saturated rings. The number of carbonyl (C=O) groups excluding carboxylic acids is 1. The van der Waals surface area contributed by atoms with Gasteiger partial charge in [0.15, 0.2) is 0 Å². The smallest absolute Gasteiger partial charge is 0.253 e. The van der Waals surface area contributed by atoms with Crippen molar-refractivity contribution in [3.63, 3.8) is 0 Å². The van der Waals surface area contributed by atoms with E-state index in [-0.39, 0.29) is 12.5 Å². The van der Waals surface area contributed by atoms with Crippen LogP contribution in [0, 0.1) is 23.7 Å². The number of nitriles is 1. The number of carbonyl (C=O) groups is 1. The van der Waals surface area contributed by atoms with Crippen LogP contribution in [0.5, 0.6) is 0 Å². The molecule has 1 atom stereocenters. The average molecular weight is 228 g/mol. The molecule has 1 aromatic rings. The Labute approximate surface area is 100 Å². The molecule has 0 aliphatic rings. The van der Waals surface area contributed by atoms with Crippen molar-refractivity contribution in [2.75, 3.05) is 11.9 Å². The van der Waals surface area contributed by atoms with E-state index in [0.717, 1.165) is 0 Å². The molecule has 1 amide bonds. The first-order valence-corrected chi connectivity index (χ1v) is 5.03. The number of nitrogens with zero attached hydrogens (tertiary/aromatic N) is 1. The largest absolute Gasteiger partial charge is 0.356 e. The molecule has 86 valence electrons. The van der Waals surface area contributed by atoms with Gasteiger partial charge in [-0.25, -0.2) is 0 Å². The van der Waals surface area contributed by atoms with Gasteiger partial charge in [0, 0.05) is 5.69 Å². The van der Waals surface area contributed by atoms with E-state index in [4.69, 9.17) is 16.4 Å². The van der Waals surface area contributed by atoms with Gasteiger partial charge < -0.3 is 10.1 Å². The first-order chi connectivity index (χ1) is 8.17. The van der Waals surface area contributed by atoms with Crippen LogP contribution >= 0.6 is 0 Å². The Morgan fingerprint density at radius 1 is 1.65 bits per heavy atom. The van der Waals surface area contributed by atoms with Crippen LogP contribution in [0.1, 0.15) is 12.5 Å². The van der Waals surface area contributed by atoms with E-state index in [9.17, 15) is 4.79 Å². The Morgan fingerprint density at radius 2 is 2.41 bits per heavy atom. The minimum Gasteiger partial charge on any atom is -0.356 e. The van der Waals surface area contributed by atoms with E-state index in [0.29, 0.717) is 11.3 Å². The highest BCUT2D eigenvalue weighted by molar-refractivity contribution is 5.94. The molecular weight excluding hydrogens is 216 g/mol. The number of rotatable bonds is 4. The van der Waals surface area contributed by atoms with Gasteiger partial charge in [-0.3, -0.25) is 4.79 Å². The Kier molecular flexibility index (Phi) is 4.75. The first-order valence-electron chi connectivity index (χ1n) is 5.03. The fourth-order valence-corrected chi connectivity index (χ4v) is 1.16. The summed E-state index contributed by atoms with van der Waals surface area (Å²) in [7, 11) is 0. The SMILES string of the molecule is C#CCOC(C)C(=O)Nc1cccc(C#N)c1. The highest BCUT2D eigenvalue weighted by Crippen LogP contribution is 2.10. The van der Waals surface area contributed by atoms with Gasteiger partial charge in [0.1, 0.15) is 12.7 Å². The van der Waals surface area contributed by atoms with E-state index in [1.54, 1.807) is 31.2 Å². The van der Waals surface area contributed by atoms with Gasteiger partial charge in [-0.05, 0) is 25.1 Å². The molecule has 17 heavy (non-hydrogen) atoms. The average Bonchev–Trinajstić information content (AvgIpc) is 2.36. The van der Waals surface area contributed by atoms with E-state index >= 15 is 0 Å². The number of nitrogens with one attached hydrogen (secondary N) is 1. The van der Waals surface area contributed by atoms with Crippen LogP contribution in [0.4, 0.5) is 5.69 Å². The number of ether oxygens (including phenoxy) is 1. The van der Waals surface area contributed by atoms with Crippen LogP contribution < -0.4 is 5.32 Å². The summed E-state index contributed by atoms with van der Waals surface area (Å²) >= 11 is 0. The maximum absolute atomic E-state index is 11.6. The minimum atomic E-state index is -0.628. The third-order valence-corrected chi connectivity index (χ3v) is 2.05. The van der Waals surface area contributed by atoms with Gasteiger partial charge in [0.25, 0.3) is 5.91 Å². The monoisotopic (exact) mass is 228 g/mol. The quantitative estimate of drug-likeness (QED) is 0.795. The van der Waals surface area contributed by atoms with Crippen molar-refractivity contribution < 1.29 is 9.53 Å². The molecule has 0 heterocycles. The lowest BCUT2D eigenvalue weighted by atomic mass is 10.2. The minimum absolute atomic E-state index is 0.0901. The third kappa shape index (κ3) is 3.98. The number of benzene rings is 1.